The maximum atomic E-state index is 12.2. The Morgan fingerprint density at radius 3 is 2.54 bits per heavy atom. The molecule has 2 N–H and O–H groups in total. The molecule has 0 spiro atoms. The van der Waals surface area contributed by atoms with Crippen molar-refractivity contribution in [2.75, 3.05) is 25.1 Å². The highest BCUT2D eigenvalue weighted by Gasteiger charge is 2.12. The predicted octanol–water partition coefficient (Wildman–Crippen LogP) is 2.64. The molecule has 0 bridgehead atoms. The lowest BCUT2D eigenvalue weighted by Gasteiger charge is -2.16. The molecule has 1 rings (SSSR count). The van der Waals surface area contributed by atoms with Crippen molar-refractivity contribution in [2.24, 2.45) is 0 Å². The van der Waals surface area contributed by atoms with Gasteiger partial charge in [-0.3, -0.25) is 4.79 Å². The number of ether oxygens (including phenoxy) is 2. The second-order valence-corrected chi connectivity index (χ2v) is 5.12. The summed E-state index contributed by atoms with van der Waals surface area (Å²) in [5.41, 5.74) is 2.74. The minimum atomic E-state index is -0.455. The van der Waals surface area contributed by atoms with Crippen LogP contribution >= 0.6 is 0 Å². The SMILES string of the molecule is CCOC(CN/C=C(/C#N)C(=O)Nc1cccc(C)c1C)OCC. The van der Waals surface area contributed by atoms with Gasteiger partial charge in [-0.15, -0.1) is 0 Å². The zero-order chi connectivity index (χ0) is 17.9. The lowest BCUT2D eigenvalue weighted by molar-refractivity contribution is -0.131. The number of rotatable bonds is 9. The third-order valence-corrected chi connectivity index (χ3v) is 3.45. The van der Waals surface area contributed by atoms with E-state index in [1.807, 2.05) is 52.0 Å². The molecule has 0 aliphatic carbocycles. The van der Waals surface area contributed by atoms with E-state index in [4.69, 9.17) is 9.47 Å². The fourth-order valence-electron chi connectivity index (χ4n) is 2.02. The van der Waals surface area contributed by atoms with E-state index in [1.165, 1.54) is 6.20 Å². The normalized spacial score (nSPS) is 11.2. The Hall–Kier alpha value is -2.36. The number of hydrogen-bond donors (Lipinski definition) is 2. The average molecular weight is 331 g/mol. The molecule has 1 amide bonds. The van der Waals surface area contributed by atoms with Crippen LogP contribution in [0.25, 0.3) is 0 Å². The summed E-state index contributed by atoms with van der Waals surface area (Å²) in [7, 11) is 0. The Morgan fingerprint density at radius 2 is 1.96 bits per heavy atom. The van der Waals surface area contributed by atoms with E-state index in [9.17, 15) is 10.1 Å². The molecule has 0 aliphatic rings. The maximum absolute atomic E-state index is 12.2. The summed E-state index contributed by atoms with van der Waals surface area (Å²) >= 11 is 0. The van der Waals surface area contributed by atoms with Crippen LogP contribution < -0.4 is 10.6 Å². The Labute approximate surface area is 143 Å². The molecule has 24 heavy (non-hydrogen) atoms. The summed E-state index contributed by atoms with van der Waals surface area (Å²) in [5.74, 6) is -0.455. The molecule has 0 heterocycles. The molecule has 0 saturated heterocycles. The molecule has 0 unspecified atom stereocenters. The smallest absolute Gasteiger partial charge is 0.267 e. The van der Waals surface area contributed by atoms with Crippen molar-refractivity contribution < 1.29 is 14.3 Å². The van der Waals surface area contributed by atoms with Crippen LogP contribution in [0.15, 0.2) is 30.0 Å². The van der Waals surface area contributed by atoms with Crippen molar-refractivity contribution in [1.82, 2.24) is 5.32 Å². The van der Waals surface area contributed by atoms with E-state index in [0.717, 1.165) is 11.1 Å². The maximum Gasteiger partial charge on any atom is 0.267 e. The Bertz CT molecular complexity index is 614. The van der Waals surface area contributed by atoms with Crippen LogP contribution in [-0.2, 0) is 14.3 Å². The van der Waals surface area contributed by atoms with Gasteiger partial charge in [0.15, 0.2) is 6.29 Å². The number of nitriles is 1. The minimum Gasteiger partial charge on any atom is -0.385 e. The fraction of sp³-hybridized carbons (Fsp3) is 0.444. The van der Waals surface area contributed by atoms with Crippen LogP contribution in [0.3, 0.4) is 0 Å². The van der Waals surface area contributed by atoms with E-state index < -0.39 is 12.2 Å². The van der Waals surface area contributed by atoms with Crippen molar-refractivity contribution in [1.29, 1.82) is 5.26 Å². The van der Waals surface area contributed by atoms with Crippen molar-refractivity contribution in [2.45, 2.75) is 34.0 Å². The second kappa shape index (κ2) is 10.4. The molecule has 0 atom stereocenters. The second-order valence-electron chi connectivity index (χ2n) is 5.12. The van der Waals surface area contributed by atoms with E-state index in [2.05, 4.69) is 10.6 Å². The molecular weight excluding hydrogens is 306 g/mol. The lowest BCUT2D eigenvalue weighted by Crippen LogP contribution is -2.29. The lowest BCUT2D eigenvalue weighted by atomic mass is 10.1. The molecule has 6 nitrogen and oxygen atoms in total. The van der Waals surface area contributed by atoms with Gasteiger partial charge in [-0.25, -0.2) is 0 Å². The first-order valence-corrected chi connectivity index (χ1v) is 7.97. The molecule has 0 saturated carbocycles. The Balaban J connectivity index is 2.69. The van der Waals surface area contributed by atoms with E-state index in [0.29, 0.717) is 25.4 Å². The molecule has 0 radical (unpaired) electrons. The summed E-state index contributed by atoms with van der Waals surface area (Å²) in [6, 6.07) is 7.54. The molecule has 0 aliphatic heterocycles. The standard InChI is InChI=1S/C18H25N3O3/c1-5-23-17(24-6-2)12-20-11-15(10-19)18(22)21-16-9-7-8-13(3)14(16)4/h7-9,11,17,20H,5-6,12H2,1-4H3,(H,21,22)/b15-11-. The Morgan fingerprint density at radius 1 is 1.29 bits per heavy atom. The largest absolute Gasteiger partial charge is 0.385 e. The quantitative estimate of drug-likeness (QED) is 0.413. The molecule has 0 fully saturated rings. The van der Waals surface area contributed by atoms with Crippen LogP contribution in [-0.4, -0.2) is 32.0 Å². The average Bonchev–Trinajstić information content (AvgIpc) is 2.56. The summed E-state index contributed by atoms with van der Waals surface area (Å²) in [4.78, 5) is 12.2. The van der Waals surface area contributed by atoms with Gasteiger partial charge < -0.3 is 20.1 Å². The van der Waals surface area contributed by atoms with E-state index in [1.54, 1.807) is 0 Å². The molecule has 0 aromatic heterocycles. The molecule has 1 aromatic carbocycles. The summed E-state index contributed by atoms with van der Waals surface area (Å²) in [6.07, 6.45) is 0.962. The van der Waals surface area contributed by atoms with Gasteiger partial charge in [0.25, 0.3) is 5.91 Å². The monoisotopic (exact) mass is 331 g/mol. The highest BCUT2D eigenvalue weighted by molar-refractivity contribution is 6.06. The van der Waals surface area contributed by atoms with Gasteiger partial charge in [0, 0.05) is 25.1 Å². The van der Waals surface area contributed by atoms with Crippen molar-refractivity contribution >= 4 is 11.6 Å². The number of benzene rings is 1. The van der Waals surface area contributed by atoms with Crippen LogP contribution in [0.5, 0.6) is 0 Å². The van der Waals surface area contributed by atoms with Gasteiger partial charge in [-0.2, -0.15) is 5.26 Å². The highest BCUT2D eigenvalue weighted by atomic mass is 16.7. The van der Waals surface area contributed by atoms with Crippen LogP contribution in [0, 0.1) is 25.2 Å². The van der Waals surface area contributed by atoms with E-state index in [-0.39, 0.29) is 5.57 Å². The first kappa shape index (κ1) is 19.7. The third-order valence-electron chi connectivity index (χ3n) is 3.45. The summed E-state index contributed by atoms with van der Waals surface area (Å²) < 4.78 is 10.8. The van der Waals surface area contributed by atoms with Gasteiger partial charge in [-0.1, -0.05) is 12.1 Å². The Kier molecular flexibility index (Phi) is 8.55. The topological polar surface area (TPSA) is 83.4 Å². The van der Waals surface area contributed by atoms with Gasteiger partial charge in [0.05, 0.1) is 6.54 Å². The molecular formula is C18H25N3O3. The first-order chi connectivity index (χ1) is 11.5. The number of nitrogens with zero attached hydrogens (tertiary/aromatic N) is 1. The number of amides is 1. The number of carbonyl (C=O) groups excluding carboxylic acids is 1. The minimum absolute atomic E-state index is 0.0114. The van der Waals surface area contributed by atoms with Gasteiger partial charge in [0.2, 0.25) is 0 Å². The fourth-order valence-corrected chi connectivity index (χ4v) is 2.02. The van der Waals surface area contributed by atoms with Crippen LogP contribution in [0.1, 0.15) is 25.0 Å². The van der Waals surface area contributed by atoms with Crippen molar-refractivity contribution in [3.05, 3.63) is 41.1 Å². The van der Waals surface area contributed by atoms with Crippen LogP contribution in [0.4, 0.5) is 5.69 Å². The zero-order valence-corrected chi connectivity index (χ0v) is 14.7. The summed E-state index contributed by atoms with van der Waals surface area (Å²) in [6.45, 7) is 9.04. The first-order valence-electron chi connectivity index (χ1n) is 7.97. The third kappa shape index (κ3) is 6.03. The molecule has 1 aromatic rings. The van der Waals surface area contributed by atoms with Gasteiger partial charge in [-0.05, 0) is 44.9 Å². The predicted molar refractivity (Wildman–Crippen MR) is 93.3 cm³/mol. The number of carbonyl (C=O) groups is 1. The van der Waals surface area contributed by atoms with Gasteiger partial charge >= 0.3 is 0 Å². The molecule has 130 valence electrons. The number of aryl methyl sites for hydroxylation is 1. The summed E-state index contributed by atoms with van der Waals surface area (Å²) in [5, 5.41) is 14.9. The highest BCUT2D eigenvalue weighted by Crippen LogP contribution is 2.18. The van der Waals surface area contributed by atoms with Crippen molar-refractivity contribution in [3.63, 3.8) is 0 Å². The van der Waals surface area contributed by atoms with Crippen LogP contribution in [0.2, 0.25) is 0 Å². The zero-order valence-electron chi connectivity index (χ0n) is 14.7. The van der Waals surface area contributed by atoms with E-state index >= 15 is 0 Å². The number of nitrogens with one attached hydrogen (secondary N) is 2. The molecule has 6 heteroatoms. The van der Waals surface area contributed by atoms with Crippen molar-refractivity contribution in [3.8, 4) is 6.07 Å². The van der Waals surface area contributed by atoms with Gasteiger partial charge in [0.1, 0.15) is 11.6 Å². The number of anilines is 1. The number of hydrogen-bond acceptors (Lipinski definition) is 5.